The monoisotopic (exact) mass is 347 g/mol. The van der Waals surface area contributed by atoms with E-state index >= 15 is 0 Å². The highest BCUT2D eigenvalue weighted by molar-refractivity contribution is 9.10. The van der Waals surface area contributed by atoms with Crippen molar-refractivity contribution < 1.29 is 0 Å². The van der Waals surface area contributed by atoms with Crippen molar-refractivity contribution in [3.05, 3.63) is 52.1 Å². The van der Waals surface area contributed by atoms with Crippen molar-refractivity contribution in [1.82, 2.24) is 4.98 Å². The summed E-state index contributed by atoms with van der Waals surface area (Å²) in [5, 5.41) is 3.41. The van der Waals surface area contributed by atoms with E-state index in [0.29, 0.717) is 0 Å². The molecule has 1 N–H and O–H groups in total. The second-order valence-corrected chi connectivity index (χ2v) is 5.87. The Morgan fingerprint density at radius 1 is 1.14 bits per heavy atom. The maximum atomic E-state index is 4.52. The molecule has 0 bridgehead atoms. The van der Waals surface area contributed by atoms with E-state index in [2.05, 4.69) is 82.2 Å². The van der Waals surface area contributed by atoms with Crippen LogP contribution in [-0.4, -0.2) is 18.1 Å². The van der Waals surface area contributed by atoms with Gasteiger partial charge >= 0.3 is 0 Å². The van der Waals surface area contributed by atoms with E-state index in [-0.39, 0.29) is 0 Å². The van der Waals surface area contributed by atoms with Crippen LogP contribution in [0.2, 0.25) is 0 Å². The lowest BCUT2D eigenvalue weighted by molar-refractivity contribution is 0.846. The molecule has 0 fully saturated rings. The first-order valence-corrected chi connectivity index (χ1v) is 8.13. The summed E-state index contributed by atoms with van der Waals surface area (Å²) in [5.74, 6) is 1.03. The quantitative estimate of drug-likeness (QED) is 0.826. The van der Waals surface area contributed by atoms with Gasteiger partial charge < -0.3 is 10.2 Å². The predicted molar refractivity (Wildman–Crippen MR) is 94.0 cm³/mol. The molecule has 0 aliphatic rings. The second-order valence-electron chi connectivity index (χ2n) is 5.01. The first-order valence-electron chi connectivity index (χ1n) is 7.34. The van der Waals surface area contributed by atoms with Crippen LogP contribution in [0.5, 0.6) is 0 Å². The smallest absolute Gasteiger partial charge is 0.128 e. The van der Waals surface area contributed by atoms with Gasteiger partial charge in [0.25, 0.3) is 0 Å². The highest BCUT2D eigenvalue weighted by Gasteiger charge is 2.03. The van der Waals surface area contributed by atoms with Crippen molar-refractivity contribution in [3.63, 3.8) is 0 Å². The number of nitrogens with one attached hydrogen (secondary N) is 1. The van der Waals surface area contributed by atoms with Crippen LogP contribution in [0.3, 0.4) is 0 Å². The van der Waals surface area contributed by atoms with Crippen molar-refractivity contribution in [2.75, 3.05) is 23.3 Å². The molecule has 1 heterocycles. The Hall–Kier alpha value is -1.55. The van der Waals surface area contributed by atoms with Crippen LogP contribution >= 0.6 is 15.9 Å². The highest BCUT2D eigenvalue weighted by atomic mass is 79.9. The first kappa shape index (κ1) is 15.8. The molecule has 0 saturated heterocycles. The third-order valence-corrected chi connectivity index (χ3v) is 4.44. The van der Waals surface area contributed by atoms with E-state index in [1.54, 1.807) is 0 Å². The summed E-state index contributed by atoms with van der Waals surface area (Å²) in [7, 11) is 0. The fourth-order valence-corrected chi connectivity index (χ4v) is 2.49. The number of nitrogens with zero attached hydrogens (tertiary/aromatic N) is 2. The minimum Gasteiger partial charge on any atom is -0.380 e. The summed E-state index contributed by atoms with van der Waals surface area (Å²) >= 11 is 3.53. The van der Waals surface area contributed by atoms with Crippen LogP contribution in [0.15, 0.2) is 41.0 Å². The maximum absolute atomic E-state index is 4.52. The molecule has 0 aliphatic heterocycles. The number of pyridine rings is 1. The average Bonchev–Trinajstić information content (AvgIpc) is 2.51. The minimum atomic E-state index is 0.806. The number of hydrogen-bond acceptors (Lipinski definition) is 3. The van der Waals surface area contributed by atoms with Gasteiger partial charge in [0.15, 0.2) is 0 Å². The molecule has 3 nitrogen and oxygen atoms in total. The van der Waals surface area contributed by atoms with Gasteiger partial charge in [-0.2, -0.15) is 0 Å². The number of benzene rings is 1. The van der Waals surface area contributed by atoms with Crippen molar-refractivity contribution in [3.8, 4) is 0 Å². The number of rotatable bonds is 6. The molecular formula is C17H22BrN3. The van der Waals surface area contributed by atoms with Crippen LogP contribution in [0.1, 0.15) is 25.0 Å². The number of hydrogen-bond donors (Lipinski definition) is 1. The molecule has 0 saturated carbocycles. The topological polar surface area (TPSA) is 28.2 Å². The fourth-order valence-electron chi connectivity index (χ4n) is 2.25. The second kappa shape index (κ2) is 7.46. The molecule has 0 aliphatic carbocycles. The molecule has 1 aromatic carbocycles. The highest BCUT2D eigenvalue weighted by Crippen LogP contribution is 2.18. The molecule has 21 heavy (non-hydrogen) atoms. The zero-order valence-corrected chi connectivity index (χ0v) is 14.4. The van der Waals surface area contributed by atoms with Gasteiger partial charge in [0.2, 0.25) is 0 Å². The van der Waals surface area contributed by atoms with Gasteiger partial charge in [0, 0.05) is 24.1 Å². The van der Waals surface area contributed by atoms with E-state index < -0.39 is 0 Å². The molecule has 0 atom stereocenters. The molecule has 1 aromatic heterocycles. The van der Waals surface area contributed by atoms with Crippen molar-refractivity contribution in [1.29, 1.82) is 0 Å². The maximum Gasteiger partial charge on any atom is 0.128 e. The standard InChI is InChI=1S/C17H22BrN3/c1-4-21(5-2)17-9-7-15(12-20-17)19-11-14-6-8-16(18)13(3)10-14/h6-10,12,19H,4-5,11H2,1-3H3. The molecular weight excluding hydrogens is 326 g/mol. The first-order chi connectivity index (χ1) is 10.1. The largest absolute Gasteiger partial charge is 0.380 e. The number of aromatic nitrogens is 1. The van der Waals surface area contributed by atoms with Gasteiger partial charge in [-0.15, -0.1) is 0 Å². The molecule has 2 aromatic rings. The number of anilines is 2. The fraction of sp³-hybridized carbons (Fsp3) is 0.353. The lowest BCUT2D eigenvalue weighted by Gasteiger charge is -2.19. The lowest BCUT2D eigenvalue weighted by atomic mass is 10.1. The van der Waals surface area contributed by atoms with E-state index in [4.69, 9.17) is 0 Å². The van der Waals surface area contributed by atoms with E-state index in [0.717, 1.165) is 35.6 Å². The molecule has 4 heteroatoms. The van der Waals surface area contributed by atoms with E-state index in [1.807, 2.05) is 6.20 Å². The van der Waals surface area contributed by atoms with Crippen LogP contribution in [-0.2, 0) is 6.54 Å². The lowest BCUT2D eigenvalue weighted by Crippen LogP contribution is -2.22. The van der Waals surface area contributed by atoms with Crippen molar-refractivity contribution in [2.45, 2.75) is 27.3 Å². The Bertz CT molecular complexity index is 577. The van der Waals surface area contributed by atoms with Gasteiger partial charge in [-0.3, -0.25) is 0 Å². The summed E-state index contributed by atoms with van der Waals surface area (Å²) in [5.41, 5.74) is 3.57. The molecule has 0 unspecified atom stereocenters. The zero-order chi connectivity index (χ0) is 15.2. The molecule has 0 amide bonds. The predicted octanol–water partition coefficient (Wildman–Crippen LogP) is 4.61. The summed E-state index contributed by atoms with van der Waals surface area (Å²) in [6.45, 7) is 9.16. The Labute approximate surface area is 135 Å². The van der Waals surface area contributed by atoms with Crippen LogP contribution in [0.25, 0.3) is 0 Å². The summed E-state index contributed by atoms with van der Waals surface area (Å²) in [6, 6.07) is 10.6. The Kier molecular flexibility index (Phi) is 5.62. The van der Waals surface area contributed by atoms with Gasteiger partial charge in [0.1, 0.15) is 5.82 Å². The zero-order valence-electron chi connectivity index (χ0n) is 12.9. The van der Waals surface area contributed by atoms with Crippen LogP contribution in [0.4, 0.5) is 11.5 Å². The molecule has 0 spiro atoms. The summed E-state index contributed by atoms with van der Waals surface area (Å²) in [4.78, 5) is 6.76. The normalized spacial score (nSPS) is 10.5. The average molecular weight is 348 g/mol. The van der Waals surface area contributed by atoms with Gasteiger partial charge in [-0.05, 0) is 50.1 Å². The molecule has 0 radical (unpaired) electrons. The number of halogens is 1. The van der Waals surface area contributed by atoms with Gasteiger partial charge in [-0.25, -0.2) is 4.98 Å². The molecule has 112 valence electrons. The van der Waals surface area contributed by atoms with Crippen LogP contribution < -0.4 is 10.2 Å². The van der Waals surface area contributed by atoms with Gasteiger partial charge in [-0.1, -0.05) is 28.1 Å². The van der Waals surface area contributed by atoms with Crippen molar-refractivity contribution >= 4 is 27.4 Å². The van der Waals surface area contributed by atoms with E-state index in [1.165, 1.54) is 11.1 Å². The van der Waals surface area contributed by atoms with Gasteiger partial charge in [0.05, 0.1) is 11.9 Å². The third-order valence-electron chi connectivity index (χ3n) is 3.55. The Morgan fingerprint density at radius 2 is 1.90 bits per heavy atom. The molecule has 2 rings (SSSR count). The number of aryl methyl sites for hydroxylation is 1. The summed E-state index contributed by atoms with van der Waals surface area (Å²) < 4.78 is 1.15. The Morgan fingerprint density at radius 3 is 2.48 bits per heavy atom. The summed E-state index contributed by atoms with van der Waals surface area (Å²) in [6.07, 6.45) is 1.90. The van der Waals surface area contributed by atoms with E-state index in [9.17, 15) is 0 Å². The van der Waals surface area contributed by atoms with Crippen LogP contribution in [0, 0.1) is 6.92 Å². The SMILES string of the molecule is CCN(CC)c1ccc(NCc2ccc(Br)c(C)c2)cn1. The minimum absolute atomic E-state index is 0.806. The van der Waals surface area contributed by atoms with Crippen molar-refractivity contribution in [2.24, 2.45) is 0 Å². The third kappa shape index (κ3) is 4.21. The Balaban J connectivity index is 1.98.